The molecular weight excluding hydrogens is 390 g/mol. The van der Waals surface area contributed by atoms with E-state index in [2.05, 4.69) is 34.7 Å². The second-order valence-corrected chi connectivity index (χ2v) is 7.67. The molecular formula is C22H28ClN3O3. The summed E-state index contributed by atoms with van der Waals surface area (Å²) in [6, 6.07) is 13.7. The topological polar surface area (TPSA) is 72.5 Å². The van der Waals surface area contributed by atoms with Gasteiger partial charge in [0.25, 0.3) is 5.91 Å². The SMILES string of the molecule is CCOc1ccc(Cl)c(C(=O)NCC2(NC(C)c3ccccc3)CCOCC2)n1. The number of nitrogens with zero attached hydrogens (tertiary/aromatic N) is 1. The summed E-state index contributed by atoms with van der Waals surface area (Å²) in [5.74, 6) is 0.0789. The summed E-state index contributed by atoms with van der Waals surface area (Å²) in [7, 11) is 0. The molecule has 2 aromatic rings. The van der Waals surface area contributed by atoms with E-state index in [0.29, 0.717) is 37.3 Å². The third-order valence-electron chi connectivity index (χ3n) is 5.19. The van der Waals surface area contributed by atoms with Crippen LogP contribution in [0.5, 0.6) is 5.88 Å². The Morgan fingerprint density at radius 1 is 1.24 bits per heavy atom. The fourth-order valence-electron chi connectivity index (χ4n) is 3.56. The van der Waals surface area contributed by atoms with Crippen LogP contribution in [0.15, 0.2) is 42.5 Å². The summed E-state index contributed by atoms with van der Waals surface area (Å²) in [4.78, 5) is 17.0. The van der Waals surface area contributed by atoms with Gasteiger partial charge in [-0.15, -0.1) is 0 Å². The Morgan fingerprint density at radius 2 is 1.97 bits per heavy atom. The summed E-state index contributed by atoms with van der Waals surface area (Å²) in [5, 5.41) is 7.05. The Labute approximate surface area is 177 Å². The van der Waals surface area contributed by atoms with E-state index in [1.54, 1.807) is 12.1 Å². The summed E-state index contributed by atoms with van der Waals surface area (Å²) in [6.07, 6.45) is 1.62. The lowest BCUT2D eigenvalue weighted by molar-refractivity contribution is 0.0332. The number of carbonyl (C=O) groups excluding carboxylic acids is 1. The van der Waals surface area contributed by atoms with Crippen LogP contribution in [0.3, 0.4) is 0 Å². The Hall–Kier alpha value is -2.15. The van der Waals surface area contributed by atoms with Gasteiger partial charge in [0, 0.05) is 37.4 Å². The van der Waals surface area contributed by atoms with Crippen molar-refractivity contribution in [3.8, 4) is 5.88 Å². The predicted octanol–water partition coefficient (Wildman–Crippen LogP) is 3.76. The Balaban J connectivity index is 1.71. The van der Waals surface area contributed by atoms with E-state index in [1.165, 1.54) is 5.56 Å². The van der Waals surface area contributed by atoms with Crippen molar-refractivity contribution in [3.05, 3.63) is 58.7 Å². The van der Waals surface area contributed by atoms with Crippen molar-refractivity contribution < 1.29 is 14.3 Å². The first kappa shape index (κ1) is 21.6. The van der Waals surface area contributed by atoms with Gasteiger partial charge in [-0.2, -0.15) is 0 Å². The van der Waals surface area contributed by atoms with Gasteiger partial charge < -0.3 is 20.1 Å². The lowest BCUT2D eigenvalue weighted by Crippen LogP contribution is -2.57. The van der Waals surface area contributed by atoms with Gasteiger partial charge in [-0.05, 0) is 38.3 Å². The van der Waals surface area contributed by atoms with Crippen LogP contribution in [0.4, 0.5) is 0 Å². The molecule has 6 nitrogen and oxygen atoms in total. The fraction of sp³-hybridized carbons (Fsp3) is 0.455. The van der Waals surface area contributed by atoms with Gasteiger partial charge >= 0.3 is 0 Å². The number of carbonyl (C=O) groups is 1. The van der Waals surface area contributed by atoms with E-state index in [-0.39, 0.29) is 23.2 Å². The Bertz CT molecular complexity index is 810. The number of amides is 1. The molecule has 0 aliphatic carbocycles. The molecule has 3 rings (SSSR count). The molecule has 0 bridgehead atoms. The van der Waals surface area contributed by atoms with Crippen LogP contribution in [0.25, 0.3) is 0 Å². The summed E-state index contributed by atoms with van der Waals surface area (Å²) in [6.45, 7) is 6.25. The number of halogens is 1. The Kier molecular flexibility index (Phi) is 7.47. The molecule has 0 saturated carbocycles. The Morgan fingerprint density at radius 3 is 2.66 bits per heavy atom. The zero-order chi connectivity index (χ0) is 20.7. The number of aromatic nitrogens is 1. The van der Waals surface area contributed by atoms with Gasteiger partial charge in [0.2, 0.25) is 5.88 Å². The molecule has 0 radical (unpaired) electrons. The van der Waals surface area contributed by atoms with Gasteiger partial charge in [0.15, 0.2) is 5.69 Å². The van der Waals surface area contributed by atoms with Gasteiger partial charge in [-0.25, -0.2) is 4.98 Å². The number of hydrogen-bond acceptors (Lipinski definition) is 5. The van der Waals surface area contributed by atoms with Crippen LogP contribution in [-0.4, -0.2) is 42.8 Å². The van der Waals surface area contributed by atoms with Gasteiger partial charge in [0.1, 0.15) is 0 Å². The maximum absolute atomic E-state index is 12.8. The largest absolute Gasteiger partial charge is 0.478 e. The molecule has 156 valence electrons. The summed E-state index contributed by atoms with van der Waals surface area (Å²) < 4.78 is 11.0. The van der Waals surface area contributed by atoms with Crippen molar-refractivity contribution >= 4 is 17.5 Å². The smallest absolute Gasteiger partial charge is 0.271 e. The molecule has 0 spiro atoms. The minimum absolute atomic E-state index is 0.147. The van der Waals surface area contributed by atoms with Crippen LogP contribution in [0.2, 0.25) is 5.02 Å². The van der Waals surface area contributed by atoms with E-state index in [1.807, 2.05) is 25.1 Å². The summed E-state index contributed by atoms with van der Waals surface area (Å²) >= 11 is 6.20. The van der Waals surface area contributed by atoms with Crippen LogP contribution in [-0.2, 0) is 4.74 Å². The van der Waals surface area contributed by atoms with E-state index in [0.717, 1.165) is 12.8 Å². The minimum atomic E-state index is -0.309. The molecule has 1 fully saturated rings. The molecule has 1 aliphatic heterocycles. The molecule has 1 amide bonds. The average molecular weight is 418 g/mol. The van der Waals surface area contributed by atoms with Crippen molar-refractivity contribution in [2.24, 2.45) is 0 Å². The monoisotopic (exact) mass is 417 g/mol. The van der Waals surface area contributed by atoms with Crippen LogP contribution in [0.1, 0.15) is 48.8 Å². The maximum Gasteiger partial charge on any atom is 0.271 e. The molecule has 29 heavy (non-hydrogen) atoms. The first-order chi connectivity index (χ1) is 14.0. The highest BCUT2D eigenvalue weighted by Crippen LogP contribution is 2.25. The highest BCUT2D eigenvalue weighted by atomic mass is 35.5. The number of hydrogen-bond donors (Lipinski definition) is 2. The quantitative estimate of drug-likeness (QED) is 0.684. The van der Waals surface area contributed by atoms with E-state index in [4.69, 9.17) is 21.1 Å². The normalized spacial score (nSPS) is 16.8. The van der Waals surface area contributed by atoms with Crippen molar-refractivity contribution in [2.75, 3.05) is 26.4 Å². The molecule has 2 heterocycles. The fourth-order valence-corrected chi connectivity index (χ4v) is 3.75. The van der Waals surface area contributed by atoms with Crippen LogP contribution >= 0.6 is 11.6 Å². The molecule has 1 unspecified atom stereocenters. The molecule has 1 aromatic carbocycles. The highest BCUT2D eigenvalue weighted by Gasteiger charge is 2.34. The van der Waals surface area contributed by atoms with Crippen LogP contribution in [0, 0.1) is 0 Å². The molecule has 7 heteroatoms. The summed E-state index contributed by atoms with van der Waals surface area (Å²) in [5.41, 5.74) is 1.13. The second kappa shape index (κ2) is 10.1. The first-order valence-electron chi connectivity index (χ1n) is 10.0. The van der Waals surface area contributed by atoms with E-state index >= 15 is 0 Å². The zero-order valence-corrected chi connectivity index (χ0v) is 17.7. The zero-order valence-electron chi connectivity index (χ0n) is 16.9. The second-order valence-electron chi connectivity index (χ2n) is 7.27. The molecule has 1 atom stereocenters. The molecule has 1 aromatic heterocycles. The third kappa shape index (κ3) is 5.69. The lowest BCUT2D eigenvalue weighted by atomic mass is 9.88. The van der Waals surface area contributed by atoms with Gasteiger partial charge in [0.05, 0.1) is 11.6 Å². The maximum atomic E-state index is 12.8. The van der Waals surface area contributed by atoms with Gasteiger partial charge in [-0.3, -0.25) is 4.79 Å². The van der Waals surface area contributed by atoms with Gasteiger partial charge in [-0.1, -0.05) is 41.9 Å². The molecule has 1 saturated heterocycles. The lowest BCUT2D eigenvalue weighted by Gasteiger charge is -2.40. The van der Waals surface area contributed by atoms with Crippen molar-refractivity contribution in [1.82, 2.24) is 15.6 Å². The number of ether oxygens (including phenoxy) is 2. The van der Waals surface area contributed by atoms with E-state index in [9.17, 15) is 4.79 Å². The standard InChI is InChI=1S/C22H28ClN3O3/c1-3-29-19-10-9-18(23)20(25-19)21(27)24-15-22(11-13-28-14-12-22)26-16(2)17-7-5-4-6-8-17/h4-10,16,26H,3,11-15H2,1-2H3,(H,24,27). The number of benzene rings is 1. The van der Waals surface area contributed by atoms with Crippen LogP contribution < -0.4 is 15.4 Å². The highest BCUT2D eigenvalue weighted by molar-refractivity contribution is 6.33. The predicted molar refractivity (Wildman–Crippen MR) is 114 cm³/mol. The van der Waals surface area contributed by atoms with Crippen molar-refractivity contribution in [1.29, 1.82) is 0 Å². The average Bonchev–Trinajstić information content (AvgIpc) is 2.75. The third-order valence-corrected chi connectivity index (χ3v) is 5.49. The number of nitrogens with one attached hydrogen (secondary N) is 2. The number of rotatable bonds is 8. The number of pyridine rings is 1. The van der Waals surface area contributed by atoms with Crippen molar-refractivity contribution in [2.45, 2.75) is 38.3 Å². The molecule has 1 aliphatic rings. The van der Waals surface area contributed by atoms with Crippen molar-refractivity contribution in [3.63, 3.8) is 0 Å². The van der Waals surface area contributed by atoms with E-state index < -0.39 is 0 Å². The molecule has 2 N–H and O–H groups in total. The first-order valence-corrected chi connectivity index (χ1v) is 10.4. The minimum Gasteiger partial charge on any atom is -0.478 e.